The third-order valence-corrected chi connectivity index (χ3v) is 1.96. The van der Waals surface area contributed by atoms with Gasteiger partial charge in [-0.25, -0.2) is 9.97 Å². The molecule has 6 heteroatoms. The van der Waals surface area contributed by atoms with Crippen molar-refractivity contribution < 1.29 is 13.2 Å². The van der Waals surface area contributed by atoms with E-state index in [1.165, 1.54) is 6.92 Å². The first-order chi connectivity index (χ1) is 7.43. The molecule has 3 nitrogen and oxygen atoms in total. The molecule has 0 aliphatic heterocycles. The number of anilines is 1. The molecule has 0 spiro atoms. The lowest BCUT2D eigenvalue weighted by molar-refractivity contribution is -0.141. The third-order valence-electron chi connectivity index (χ3n) is 1.96. The molecule has 0 fully saturated rings. The predicted octanol–water partition coefficient (Wildman–Crippen LogP) is 3.02. The lowest BCUT2D eigenvalue weighted by atomic mass is 10.3. The van der Waals surface area contributed by atoms with Gasteiger partial charge in [0, 0.05) is 12.6 Å². The molecule has 1 heterocycles. The van der Waals surface area contributed by atoms with Crippen LogP contribution in [-0.4, -0.2) is 16.5 Å². The number of aromatic nitrogens is 2. The molecule has 0 unspecified atom stereocenters. The van der Waals surface area contributed by atoms with Crippen molar-refractivity contribution in [2.75, 3.05) is 11.9 Å². The highest BCUT2D eigenvalue weighted by Crippen LogP contribution is 2.28. The summed E-state index contributed by atoms with van der Waals surface area (Å²) in [6.07, 6.45) is -2.55. The van der Waals surface area contributed by atoms with Crippen molar-refractivity contribution in [3.8, 4) is 0 Å². The lowest BCUT2D eigenvalue weighted by Gasteiger charge is -2.10. The van der Waals surface area contributed by atoms with E-state index in [-0.39, 0.29) is 11.6 Å². The Hall–Kier alpha value is -1.33. The Morgan fingerprint density at radius 3 is 2.56 bits per heavy atom. The minimum atomic E-state index is -4.42. The molecule has 0 radical (unpaired) electrons. The summed E-state index contributed by atoms with van der Waals surface area (Å²) in [7, 11) is 0. The van der Waals surface area contributed by atoms with Gasteiger partial charge in [0.25, 0.3) is 0 Å². The van der Waals surface area contributed by atoms with Gasteiger partial charge in [-0.3, -0.25) is 0 Å². The zero-order valence-electron chi connectivity index (χ0n) is 9.23. The van der Waals surface area contributed by atoms with Gasteiger partial charge in [0.05, 0.1) is 0 Å². The molecular weight excluding hydrogens is 219 g/mol. The summed E-state index contributed by atoms with van der Waals surface area (Å²) in [6, 6.07) is 0.933. The molecule has 0 bridgehead atoms. The van der Waals surface area contributed by atoms with Gasteiger partial charge < -0.3 is 5.32 Å². The van der Waals surface area contributed by atoms with Crippen LogP contribution in [0.4, 0.5) is 19.0 Å². The van der Waals surface area contributed by atoms with Crippen LogP contribution in [-0.2, 0) is 6.18 Å². The van der Waals surface area contributed by atoms with Crippen molar-refractivity contribution >= 4 is 5.82 Å². The van der Waals surface area contributed by atoms with Gasteiger partial charge >= 0.3 is 6.18 Å². The number of alkyl halides is 3. The normalized spacial score (nSPS) is 11.6. The molecule has 0 atom stereocenters. The molecule has 16 heavy (non-hydrogen) atoms. The number of rotatable bonds is 4. The molecule has 0 aromatic carbocycles. The Balaban J connectivity index is 2.82. The number of hydrogen-bond acceptors (Lipinski definition) is 3. The maximum atomic E-state index is 12.4. The molecule has 0 amide bonds. The Morgan fingerprint density at radius 2 is 2.00 bits per heavy atom. The summed E-state index contributed by atoms with van der Waals surface area (Å²) in [5.74, 6) is 0.349. The van der Waals surface area contributed by atoms with Crippen molar-refractivity contribution in [3.05, 3.63) is 17.6 Å². The maximum absolute atomic E-state index is 12.4. The predicted molar refractivity (Wildman–Crippen MR) is 55.2 cm³/mol. The molecular formula is C10H14F3N3. The van der Waals surface area contributed by atoms with Gasteiger partial charge in [-0.15, -0.1) is 0 Å². The smallest absolute Gasteiger partial charge is 0.370 e. The van der Waals surface area contributed by atoms with Crippen LogP contribution in [0.2, 0.25) is 0 Å². The molecule has 90 valence electrons. The SMILES string of the molecule is CCCCNc1cc(C(F)(F)F)nc(C)n1. The van der Waals surface area contributed by atoms with Crippen molar-refractivity contribution in [2.45, 2.75) is 32.9 Å². The van der Waals surface area contributed by atoms with E-state index in [4.69, 9.17) is 0 Å². The van der Waals surface area contributed by atoms with Crippen molar-refractivity contribution in [1.29, 1.82) is 0 Å². The molecule has 0 saturated carbocycles. The summed E-state index contributed by atoms with van der Waals surface area (Å²) in [6.45, 7) is 4.07. The van der Waals surface area contributed by atoms with Crippen molar-refractivity contribution in [2.24, 2.45) is 0 Å². The van der Waals surface area contributed by atoms with E-state index < -0.39 is 11.9 Å². The van der Waals surface area contributed by atoms with E-state index in [0.29, 0.717) is 6.54 Å². The van der Waals surface area contributed by atoms with Crippen LogP contribution in [0.5, 0.6) is 0 Å². The Morgan fingerprint density at radius 1 is 1.31 bits per heavy atom. The van der Waals surface area contributed by atoms with Crippen LogP contribution in [0.25, 0.3) is 0 Å². The Bertz CT molecular complexity index is 350. The van der Waals surface area contributed by atoms with Crippen LogP contribution in [0, 0.1) is 6.92 Å². The number of aryl methyl sites for hydroxylation is 1. The molecule has 0 aliphatic carbocycles. The zero-order valence-corrected chi connectivity index (χ0v) is 9.23. The fraction of sp³-hybridized carbons (Fsp3) is 0.600. The summed E-state index contributed by atoms with van der Waals surface area (Å²) in [5, 5.41) is 2.85. The van der Waals surface area contributed by atoms with Gasteiger partial charge in [0.1, 0.15) is 17.3 Å². The first kappa shape index (κ1) is 12.7. The molecule has 1 rings (SSSR count). The Kier molecular flexibility index (Phi) is 4.09. The van der Waals surface area contributed by atoms with Gasteiger partial charge in [-0.05, 0) is 13.3 Å². The highest BCUT2D eigenvalue weighted by molar-refractivity contribution is 5.36. The summed E-state index contributed by atoms with van der Waals surface area (Å²) in [4.78, 5) is 7.25. The number of halogens is 3. The Labute approximate surface area is 92.1 Å². The van der Waals surface area contributed by atoms with Crippen LogP contribution >= 0.6 is 0 Å². The van der Waals surface area contributed by atoms with E-state index in [9.17, 15) is 13.2 Å². The highest BCUT2D eigenvalue weighted by atomic mass is 19.4. The van der Waals surface area contributed by atoms with Gasteiger partial charge in [-0.1, -0.05) is 13.3 Å². The fourth-order valence-electron chi connectivity index (χ4n) is 1.20. The van der Waals surface area contributed by atoms with Gasteiger partial charge in [-0.2, -0.15) is 13.2 Å². The third kappa shape index (κ3) is 3.67. The second kappa shape index (κ2) is 5.14. The highest BCUT2D eigenvalue weighted by Gasteiger charge is 2.33. The van der Waals surface area contributed by atoms with E-state index in [1.54, 1.807) is 0 Å². The number of nitrogens with zero attached hydrogens (tertiary/aromatic N) is 2. The summed E-state index contributed by atoms with van der Waals surface area (Å²) in [5.41, 5.74) is -0.904. The zero-order chi connectivity index (χ0) is 12.2. The van der Waals surface area contributed by atoms with E-state index in [0.717, 1.165) is 18.9 Å². The topological polar surface area (TPSA) is 37.8 Å². The van der Waals surface area contributed by atoms with Crippen LogP contribution in [0.15, 0.2) is 6.07 Å². The average molecular weight is 233 g/mol. The summed E-state index contributed by atoms with van der Waals surface area (Å²) >= 11 is 0. The molecule has 0 saturated heterocycles. The van der Waals surface area contributed by atoms with Crippen molar-refractivity contribution in [3.63, 3.8) is 0 Å². The minimum Gasteiger partial charge on any atom is -0.370 e. The van der Waals surface area contributed by atoms with E-state index in [1.807, 2.05) is 6.92 Å². The van der Waals surface area contributed by atoms with E-state index in [2.05, 4.69) is 15.3 Å². The first-order valence-corrected chi connectivity index (χ1v) is 5.10. The van der Waals surface area contributed by atoms with Gasteiger partial charge in [0.15, 0.2) is 0 Å². The fourth-order valence-corrected chi connectivity index (χ4v) is 1.20. The van der Waals surface area contributed by atoms with E-state index >= 15 is 0 Å². The van der Waals surface area contributed by atoms with Crippen LogP contribution < -0.4 is 5.32 Å². The lowest BCUT2D eigenvalue weighted by Crippen LogP contribution is -2.12. The molecule has 1 N–H and O–H groups in total. The molecule has 1 aromatic heterocycles. The van der Waals surface area contributed by atoms with Crippen LogP contribution in [0.1, 0.15) is 31.3 Å². The number of nitrogens with one attached hydrogen (secondary N) is 1. The first-order valence-electron chi connectivity index (χ1n) is 5.10. The molecule has 1 aromatic rings. The maximum Gasteiger partial charge on any atom is 0.433 e. The van der Waals surface area contributed by atoms with Crippen LogP contribution in [0.3, 0.4) is 0 Å². The monoisotopic (exact) mass is 233 g/mol. The second-order valence-corrected chi connectivity index (χ2v) is 3.46. The van der Waals surface area contributed by atoms with Gasteiger partial charge in [0.2, 0.25) is 0 Å². The summed E-state index contributed by atoms with van der Waals surface area (Å²) < 4.78 is 37.3. The number of hydrogen-bond donors (Lipinski definition) is 1. The minimum absolute atomic E-state index is 0.119. The van der Waals surface area contributed by atoms with Crippen molar-refractivity contribution in [1.82, 2.24) is 9.97 Å². The quantitative estimate of drug-likeness (QED) is 0.812. The largest absolute Gasteiger partial charge is 0.433 e. The average Bonchev–Trinajstić information content (AvgIpc) is 2.16. The number of unbranched alkanes of at least 4 members (excludes halogenated alkanes) is 1. The second-order valence-electron chi connectivity index (χ2n) is 3.46. The molecule has 0 aliphatic rings. The standard InChI is InChI=1S/C10H14F3N3/c1-3-4-5-14-9-6-8(10(11,12)13)15-7(2)16-9/h6H,3-5H2,1-2H3,(H,14,15,16).